The lowest BCUT2D eigenvalue weighted by Crippen LogP contribution is -2.29. The fourth-order valence-corrected chi connectivity index (χ4v) is 3.48. The van der Waals surface area contributed by atoms with E-state index < -0.39 is 5.60 Å². The quantitative estimate of drug-likeness (QED) is 0.484. The lowest BCUT2D eigenvalue weighted by Gasteiger charge is -2.30. The number of carbonyl (C=O) groups is 2. The fraction of sp³-hybridized carbons (Fsp3) is 0.542. The molecule has 0 bridgehead atoms. The van der Waals surface area contributed by atoms with Crippen molar-refractivity contribution in [3.63, 3.8) is 0 Å². The number of benzene rings is 1. The molecule has 0 unspecified atom stereocenters. The molecule has 0 fully saturated rings. The van der Waals surface area contributed by atoms with Crippen LogP contribution in [0.1, 0.15) is 72.3 Å². The van der Waals surface area contributed by atoms with Crippen LogP contribution in [-0.4, -0.2) is 33.3 Å². The molecule has 0 amide bonds. The van der Waals surface area contributed by atoms with Crippen LogP contribution in [0.15, 0.2) is 40.6 Å². The molecule has 1 aromatic rings. The predicted molar refractivity (Wildman–Crippen MR) is 117 cm³/mol. The summed E-state index contributed by atoms with van der Waals surface area (Å²) in [5, 5.41) is 19.8. The van der Waals surface area contributed by atoms with Crippen molar-refractivity contribution in [2.24, 2.45) is 10.4 Å². The number of hydrogen-bond donors (Lipinski definition) is 2. The molecule has 2 N–H and O–H groups in total. The van der Waals surface area contributed by atoms with Gasteiger partial charge in [0.05, 0.1) is 23.6 Å². The normalized spacial score (nSPS) is 17.3. The van der Waals surface area contributed by atoms with Crippen LogP contribution in [0.4, 0.5) is 5.69 Å². The number of rotatable bonds is 7. The second-order valence-electron chi connectivity index (χ2n) is 9.59. The molecule has 0 radical (unpaired) electrons. The highest BCUT2D eigenvalue weighted by atomic mass is 16.6. The molecule has 1 aliphatic rings. The third-order valence-electron chi connectivity index (χ3n) is 4.74. The van der Waals surface area contributed by atoms with Crippen LogP contribution in [0.2, 0.25) is 0 Å². The summed E-state index contributed by atoms with van der Waals surface area (Å²) in [6, 6.07) is 7.04. The highest BCUT2D eigenvalue weighted by Crippen LogP contribution is 2.37. The predicted octanol–water partition coefficient (Wildman–Crippen LogP) is 4.96. The van der Waals surface area contributed by atoms with Gasteiger partial charge in [0.1, 0.15) is 11.4 Å². The maximum Gasteiger partial charge on any atom is 0.306 e. The number of aliphatic hydroxyl groups is 2. The van der Waals surface area contributed by atoms with Gasteiger partial charge in [-0.15, -0.1) is 0 Å². The zero-order valence-corrected chi connectivity index (χ0v) is 18.6. The van der Waals surface area contributed by atoms with Crippen LogP contribution in [0.25, 0.3) is 0 Å². The van der Waals surface area contributed by atoms with Crippen molar-refractivity contribution in [1.29, 1.82) is 0 Å². The van der Waals surface area contributed by atoms with Crippen LogP contribution in [-0.2, 0) is 20.9 Å². The fourth-order valence-electron chi connectivity index (χ4n) is 3.48. The van der Waals surface area contributed by atoms with Gasteiger partial charge in [-0.1, -0.05) is 26.0 Å². The molecule has 0 atom stereocenters. The van der Waals surface area contributed by atoms with Crippen molar-refractivity contribution < 1.29 is 24.5 Å². The zero-order valence-electron chi connectivity index (χ0n) is 18.6. The highest BCUT2D eigenvalue weighted by molar-refractivity contribution is 6.23. The highest BCUT2D eigenvalue weighted by Gasteiger charge is 2.35. The summed E-state index contributed by atoms with van der Waals surface area (Å²) in [5.41, 5.74) is 1.29. The van der Waals surface area contributed by atoms with Crippen LogP contribution >= 0.6 is 0 Å². The first-order chi connectivity index (χ1) is 13.9. The Morgan fingerprint density at radius 1 is 1.13 bits per heavy atom. The number of carbonyl (C=O) groups excluding carboxylic acids is 2. The van der Waals surface area contributed by atoms with E-state index in [9.17, 15) is 19.8 Å². The summed E-state index contributed by atoms with van der Waals surface area (Å²) in [7, 11) is 0. The minimum Gasteiger partial charge on any atom is -0.511 e. The number of aliphatic imine (C=N–C) groups is 1. The lowest BCUT2D eigenvalue weighted by atomic mass is 9.75. The molecule has 6 nitrogen and oxygen atoms in total. The number of allylic oxidation sites excluding steroid dienone is 2. The summed E-state index contributed by atoms with van der Waals surface area (Å²) in [4.78, 5) is 29.5. The molecule has 0 saturated heterocycles. The van der Waals surface area contributed by atoms with E-state index in [-0.39, 0.29) is 41.5 Å². The summed E-state index contributed by atoms with van der Waals surface area (Å²) >= 11 is 0. The van der Waals surface area contributed by atoms with Crippen molar-refractivity contribution in [3.8, 4) is 0 Å². The third kappa shape index (κ3) is 7.10. The molecule has 2 rings (SSSR count). The number of ether oxygens (including phenoxy) is 1. The van der Waals surface area contributed by atoms with E-state index in [0.717, 1.165) is 5.56 Å². The van der Waals surface area contributed by atoms with Crippen molar-refractivity contribution in [2.45, 2.75) is 78.9 Å². The van der Waals surface area contributed by atoms with Crippen molar-refractivity contribution >= 4 is 23.2 Å². The largest absolute Gasteiger partial charge is 0.511 e. The molecule has 0 heterocycles. The van der Waals surface area contributed by atoms with E-state index in [4.69, 9.17) is 4.74 Å². The van der Waals surface area contributed by atoms with Crippen LogP contribution < -0.4 is 0 Å². The van der Waals surface area contributed by atoms with Crippen molar-refractivity contribution in [1.82, 2.24) is 0 Å². The smallest absolute Gasteiger partial charge is 0.306 e. The van der Waals surface area contributed by atoms with Gasteiger partial charge in [0.2, 0.25) is 0 Å². The Morgan fingerprint density at radius 3 is 2.30 bits per heavy atom. The molecular weight excluding hydrogens is 382 g/mol. The topological polar surface area (TPSA) is 96.2 Å². The van der Waals surface area contributed by atoms with E-state index in [1.54, 1.807) is 24.3 Å². The van der Waals surface area contributed by atoms with Gasteiger partial charge in [-0.2, -0.15) is 0 Å². The Morgan fingerprint density at radius 2 is 1.77 bits per heavy atom. The molecule has 6 heteroatoms. The number of nitrogens with zero attached hydrogens (tertiary/aromatic N) is 1. The Bertz CT molecular complexity index is 841. The average Bonchev–Trinajstić information content (AvgIpc) is 2.59. The van der Waals surface area contributed by atoms with Gasteiger partial charge in [-0.05, 0) is 56.7 Å². The first-order valence-corrected chi connectivity index (χ1v) is 10.3. The number of esters is 1. The van der Waals surface area contributed by atoms with Crippen molar-refractivity contribution in [3.05, 3.63) is 41.2 Å². The van der Waals surface area contributed by atoms with Crippen molar-refractivity contribution in [2.75, 3.05) is 0 Å². The summed E-state index contributed by atoms with van der Waals surface area (Å²) < 4.78 is 5.35. The van der Waals surface area contributed by atoms with Gasteiger partial charge in [-0.25, -0.2) is 0 Å². The van der Waals surface area contributed by atoms with E-state index in [2.05, 4.69) is 4.99 Å². The maximum atomic E-state index is 12.8. The molecular formula is C24H33NO5. The number of hydrogen-bond acceptors (Lipinski definition) is 6. The van der Waals surface area contributed by atoms with E-state index in [1.807, 2.05) is 34.6 Å². The van der Waals surface area contributed by atoms with Crippen LogP contribution in [0.3, 0.4) is 0 Å². The van der Waals surface area contributed by atoms with Gasteiger partial charge < -0.3 is 14.9 Å². The molecule has 0 spiro atoms. The zero-order chi connectivity index (χ0) is 22.5. The molecule has 0 saturated carbocycles. The van der Waals surface area contributed by atoms with Gasteiger partial charge in [-0.3, -0.25) is 14.6 Å². The third-order valence-corrected chi connectivity index (χ3v) is 4.74. The Balaban J connectivity index is 2.27. The van der Waals surface area contributed by atoms with E-state index in [1.165, 1.54) is 0 Å². The van der Waals surface area contributed by atoms with Gasteiger partial charge in [0.25, 0.3) is 0 Å². The molecule has 0 aromatic heterocycles. The standard InChI is InChI=1S/C24H33NO5/c1-23(2,3)30-21(29)8-6-7-18(25-17-11-9-16(15-26)10-12-17)22-19(27)13-24(4,5)14-20(22)28/h9-12,26-27H,6-8,13-15H2,1-5H3. The number of ketones is 1. The minimum absolute atomic E-state index is 0.0549. The Labute approximate surface area is 178 Å². The van der Waals surface area contributed by atoms with Gasteiger partial charge in [0.15, 0.2) is 5.78 Å². The molecule has 1 aliphatic carbocycles. The maximum absolute atomic E-state index is 12.8. The first-order valence-electron chi connectivity index (χ1n) is 10.3. The van der Waals surface area contributed by atoms with Gasteiger partial charge in [0, 0.05) is 19.3 Å². The lowest BCUT2D eigenvalue weighted by molar-refractivity contribution is -0.154. The number of Topliss-reactive ketones (excluding diaryl/α,β-unsaturated/α-hetero) is 1. The molecule has 1 aromatic carbocycles. The van der Waals surface area contributed by atoms with Crippen LogP contribution in [0, 0.1) is 5.41 Å². The molecule has 30 heavy (non-hydrogen) atoms. The number of aliphatic hydroxyl groups excluding tert-OH is 2. The average molecular weight is 416 g/mol. The summed E-state index contributed by atoms with van der Waals surface area (Å²) in [6.45, 7) is 9.29. The molecule has 164 valence electrons. The Hall–Kier alpha value is -2.47. The van der Waals surface area contributed by atoms with E-state index >= 15 is 0 Å². The van der Waals surface area contributed by atoms with E-state index in [0.29, 0.717) is 37.1 Å². The minimum atomic E-state index is -0.547. The first kappa shape index (κ1) is 23.8. The summed E-state index contributed by atoms with van der Waals surface area (Å²) in [5.74, 6) is -0.380. The molecule has 0 aliphatic heterocycles. The van der Waals surface area contributed by atoms with Gasteiger partial charge >= 0.3 is 5.97 Å². The second-order valence-corrected chi connectivity index (χ2v) is 9.59. The monoisotopic (exact) mass is 415 g/mol. The second kappa shape index (κ2) is 9.56. The summed E-state index contributed by atoms with van der Waals surface area (Å²) in [6.07, 6.45) is 1.76. The van der Waals surface area contributed by atoms with Crippen LogP contribution in [0.5, 0.6) is 0 Å². The Kier molecular flexibility index (Phi) is 7.59. The SMILES string of the molecule is CC1(C)CC(=O)C(C(CCCC(=O)OC(C)(C)C)=Nc2ccc(CO)cc2)=C(O)C1.